The minimum Gasteiger partial charge on any atom is -0.463 e. The van der Waals surface area contributed by atoms with Gasteiger partial charge in [-0.1, -0.05) is 0 Å². The Bertz CT molecular complexity index is 579. The molecule has 2 aromatic heterocycles. The predicted octanol–water partition coefficient (Wildman–Crippen LogP) is 3.04. The molecule has 0 radical (unpaired) electrons. The standard InChI is InChI=1S/C15H16N2O2S/c1-12-17-14(11-20-12)4-5-15(18)19-10-2-3-13-6-8-16-9-7-13/h4-9,11H,2-3,10H2,1H3/b5-4+. The van der Waals surface area contributed by atoms with Gasteiger partial charge in [-0.3, -0.25) is 4.98 Å². The van der Waals surface area contributed by atoms with Gasteiger partial charge in [-0.05, 0) is 43.5 Å². The molecule has 0 aliphatic rings. The second-order valence-electron chi connectivity index (χ2n) is 4.25. The third-order valence-corrected chi connectivity index (χ3v) is 3.42. The van der Waals surface area contributed by atoms with Crippen LogP contribution in [0.25, 0.3) is 6.08 Å². The van der Waals surface area contributed by atoms with Crippen molar-refractivity contribution in [3.8, 4) is 0 Å². The summed E-state index contributed by atoms with van der Waals surface area (Å²) >= 11 is 1.56. The number of hydrogen-bond acceptors (Lipinski definition) is 5. The van der Waals surface area contributed by atoms with Gasteiger partial charge in [-0.25, -0.2) is 9.78 Å². The Morgan fingerprint density at radius 3 is 2.90 bits per heavy atom. The van der Waals surface area contributed by atoms with E-state index in [1.54, 1.807) is 29.8 Å². The number of pyridine rings is 1. The van der Waals surface area contributed by atoms with E-state index in [1.807, 2.05) is 24.4 Å². The lowest BCUT2D eigenvalue weighted by atomic mass is 10.1. The average molecular weight is 288 g/mol. The van der Waals surface area contributed by atoms with Crippen molar-refractivity contribution in [2.75, 3.05) is 6.61 Å². The van der Waals surface area contributed by atoms with Crippen LogP contribution in [-0.4, -0.2) is 22.5 Å². The first-order valence-electron chi connectivity index (χ1n) is 6.40. The van der Waals surface area contributed by atoms with Crippen LogP contribution in [0.4, 0.5) is 0 Å². The maximum atomic E-state index is 11.5. The van der Waals surface area contributed by atoms with Crippen LogP contribution in [0.1, 0.15) is 22.7 Å². The Morgan fingerprint density at radius 1 is 1.40 bits per heavy atom. The van der Waals surface area contributed by atoms with E-state index in [1.165, 1.54) is 11.6 Å². The number of aromatic nitrogens is 2. The first-order valence-corrected chi connectivity index (χ1v) is 7.28. The summed E-state index contributed by atoms with van der Waals surface area (Å²) in [5.41, 5.74) is 1.99. The van der Waals surface area contributed by atoms with E-state index in [0.29, 0.717) is 6.61 Å². The predicted molar refractivity (Wildman–Crippen MR) is 79.4 cm³/mol. The zero-order valence-corrected chi connectivity index (χ0v) is 12.1. The van der Waals surface area contributed by atoms with Gasteiger partial charge >= 0.3 is 5.97 Å². The topological polar surface area (TPSA) is 52.1 Å². The zero-order chi connectivity index (χ0) is 14.2. The van der Waals surface area contributed by atoms with Crippen molar-refractivity contribution < 1.29 is 9.53 Å². The van der Waals surface area contributed by atoms with Crippen LogP contribution in [0.5, 0.6) is 0 Å². The molecule has 104 valence electrons. The molecule has 5 heteroatoms. The van der Waals surface area contributed by atoms with Gasteiger partial charge in [0.05, 0.1) is 17.3 Å². The SMILES string of the molecule is Cc1nc(/C=C/C(=O)OCCCc2ccncc2)cs1. The molecule has 0 aliphatic carbocycles. The van der Waals surface area contributed by atoms with Gasteiger partial charge in [0.15, 0.2) is 0 Å². The Balaban J connectivity index is 1.66. The van der Waals surface area contributed by atoms with Crippen LogP contribution in [-0.2, 0) is 16.0 Å². The van der Waals surface area contributed by atoms with Gasteiger partial charge in [0.2, 0.25) is 0 Å². The van der Waals surface area contributed by atoms with E-state index in [9.17, 15) is 4.79 Å². The monoisotopic (exact) mass is 288 g/mol. The number of aryl methyl sites for hydroxylation is 2. The van der Waals surface area contributed by atoms with Gasteiger partial charge in [0.25, 0.3) is 0 Å². The Labute approximate surface area is 122 Å². The molecule has 4 nitrogen and oxygen atoms in total. The molecule has 0 saturated carbocycles. The van der Waals surface area contributed by atoms with Crippen LogP contribution in [0.15, 0.2) is 36.0 Å². The maximum Gasteiger partial charge on any atom is 0.330 e. The normalized spacial score (nSPS) is 10.8. The fourth-order valence-corrected chi connectivity index (χ4v) is 2.24. The van der Waals surface area contributed by atoms with Gasteiger partial charge in [-0.15, -0.1) is 11.3 Å². The lowest BCUT2D eigenvalue weighted by molar-refractivity contribution is -0.137. The molecule has 0 saturated heterocycles. The highest BCUT2D eigenvalue weighted by Crippen LogP contribution is 2.09. The third-order valence-electron chi connectivity index (χ3n) is 2.63. The fourth-order valence-electron chi connectivity index (χ4n) is 1.66. The van der Waals surface area contributed by atoms with Crippen molar-refractivity contribution in [1.29, 1.82) is 0 Å². The zero-order valence-electron chi connectivity index (χ0n) is 11.3. The summed E-state index contributed by atoms with van der Waals surface area (Å²) in [5, 5.41) is 2.89. The first-order chi connectivity index (χ1) is 9.74. The molecule has 0 N–H and O–H groups in total. The Hall–Kier alpha value is -2.01. The summed E-state index contributed by atoms with van der Waals surface area (Å²) in [7, 11) is 0. The molecule has 2 heterocycles. The minimum absolute atomic E-state index is 0.328. The summed E-state index contributed by atoms with van der Waals surface area (Å²) in [5.74, 6) is -0.328. The van der Waals surface area contributed by atoms with Crippen molar-refractivity contribution in [2.45, 2.75) is 19.8 Å². The van der Waals surface area contributed by atoms with Crippen molar-refractivity contribution in [2.24, 2.45) is 0 Å². The summed E-state index contributed by atoms with van der Waals surface area (Å²) in [6, 6.07) is 3.93. The molecule has 0 amide bonds. The summed E-state index contributed by atoms with van der Waals surface area (Å²) in [6.07, 6.45) is 8.31. The van der Waals surface area contributed by atoms with Crippen LogP contribution >= 0.6 is 11.3 Å². The number of esters is 1. The van der Waals surface area contributed by atoms with E-state index < -0.39 is 0 Å². The van der Waals surface area contributed by atoms with Crippen molar-refractivity contribution >= 4 is 23.4 Å². The maximum absolute atomic E-state index is 11.5. The second kappa shape index (κ2) is 7.55. The molecule has 2 aromatic rings. The van der Waals surface area contributed by atoms with E-state index in [4.69, 9.17) is 4.74 Å². The Morgan fingerprint density at radius 2 is 2.20 bits per heavy atom. The van der Waals surface area contributed by atoms with Crippen molar-refractivity contribution in [3.05, 3.63) is 52.2 Å². The van der Waals surface area contributed by atoms with E-state index in [0.717, 1.165) is 23.5 Å². The van der Waals surface area contributed by atoms with Crippen molar-refractivity contribution in [3.63, 3.8) is 0 Å². The summed E-state index contributed by atoms with van der Waals surface area (Å²) < 4.78 is 5.13. The van der Waals surface area contributed by atoms with Crippen LogP contribution < -0.4 is 0 Å². The molecule has 0 unspecified atom stereocenters. The van der Waals surface area contributed by atoms with Crippen LogP contribution in [0.2, 0.25) is 0 Å². The van der Waals surface area contributed by atoms with Gasteiger partial charge < -0.3 is 4.74 Å². The number of nitrogens with zero attached hydrogens (tertiary/aromatic N) is 2. The number of carbonyl (C=O) groups excluding carboxylic acids is 1. The lowest BCUT2D eigenvalue weighted by Gasteiger charge is -2.02. The van der Waals surface area contributed by atoms with Crippen molar-refractivity contribution in [1.82, 2.24) is 9.97 Å². The molecule has 0 aliphatic heterocycles. The van der Waals surface area contributed by atoms with E-state index >= 15 is 0 Å². The molecule has 0 atom stereocenters. The van der Waals surface area contributed by atoms with Gasteiger partial charge in [0, 0.05) is 23.8 Å². The van der Waals surface area contributed by atoms with Crippen LogP contribution in [0, 0.1) is 6.92 Å². The average Bonchev–Trinajstić information content (AvgIpc) is 2.88. The number of ether oxygens (including phenoxy) is 1. The van der Waals surface area contributed by atoms with Gasteiger partial charge in [0.1, 0.15) is 0 Å². The highest BCUT2D eigenvalue weighted by atomic mass is 32.1. The van der Waals surface area contributed by atoms with Gasteiger partial charge in [-0.2, -0.15) is 0 Å². The molecule has 20 heavy (non-hydrogen) atoms. The molecular weight excluding hydrogens is 272 g/mol. The molecule has 0 aromatic carbocycles. The quantitative estimate of drug-likeness (QED) is 0.466. The highest BCUT2D eigenvalue weighted by molar-refractivity contribution is 7.09. The summed E-state index contributed by atoms with van der Waals surface area (Å²) in [6.45, 7) is 2.35. The number of rotatable bonds is 6. The summed E-state index contributed by atoms with van der Waals surface area (Å²) in [4.78, 5) is 19.7. The fraction of sp³-hybridized carbons (Fsp3) is 0.267. The molecule has 0 fully saturated rings. The molecular formula is C15H16N2O2S. The largest absolute Gasteiger partial charge is 0.463 e. The third kappa shape index (κ3) is 4.93. The minimum atomic E-state index is -0.328. The molecule has 0 bridgehead atoms. The van der Waals surface area contributed by atoms with E-state index in [2.05, 4.69) is 9.97 Å². The first kappa shape index (κ1) is 14.4. The second-order valence-corrected chi connectivity index (χ2v) is 5.31. The number of hydrogen-bond donors (Lipinski definition) is 0. The molecule has 0 spiro atoms. The number of carbonyl (C=O) groups is 1. The smallest absolute Gasteiger partial charge is 0.330 e. The Kier molecular flexibility index (Phi) is 5.43. The van der Waals surface area contributed by atoms with Crippen LogP contribution in [0.3, 0.4) is 0 Å². The molecule has 2 rings (SSSR count). The highest BCUT2D eigenvalue weighted by Gasteiger charge is 1.99. The lowest BCUT2D eigenvalue weighted by Crippen LogP contribution is -2.03. The van der Waals surface area contributed by atoms with E-state index in [-0.39, 0.29) is 5.97 Å². The number of thiazole rings is 1.